The zero-order valence-electron chi connectivity index (χ0n) is 23.6. The summed E-state index contributed by atoms with van der Waals surface area (Å²) in [5.41, 5.74) is 6.83. The molecular formula is C32H36N4O5. The first-order valence-corrected chi connectivity index (χ1v) is 14.3. The first-order valence-electron chi connectivity index (χ1n) is 14.3. The summed E-state index contributed by atoms with van der Waals surface area (Å²) in [6.45, 7) is 7.60. The zero-order valence-corrected chi connectivity index (χ0v) is 23.6. The number of nitrogens with zero attached hydrogens (tertiary/aromatic N) is 4. The Labute approximate surface area is 240 Å². The van der Waals surface area contributed by atoms with Gasteiger partial charge in [0, 0.05) is 31.8 Å². The third-order valence-corrected chi connectivity index (χ3v) is 8.16. The maximum Gasteiger partial charge on any atom is 0.342 e. The van der Waals surface area contributed by atoms with Crippen molar-refractivity contribution < 1.29 is 24.1 Å². The molecule has 9 heteroatoms. The van der Waals surface area contributed by atoms with Gasteiger partial charge in [-0.05, 0) is 72.9 Å². The Morgan fingerprint density at radius 1 is 1.20 bits per heavy atom. The second-order valence-corrected chi connectivity index (χ2v) is 11.0. The number of allylic oxidation sites excluding steroid dienone is 3. The highest BCUT2D eigenvalue weighted by molar-refractivity contribution is 5.90. The van der Waals surface area contributed by atoms with Gasteiger partial charge >= 0.3 is 5.97 Å². The standard InChI is InChI=1S/C32H36N4O5/c1-21-5-3-6-26(28-7-4-8-29(34-28)36-31(39-2)27(16-33-36)32(37)38)30(21)41-20-22-9-10-25-18-35(13-11-24(25)15-22)17-23-12-14-40-19-23/h4,6-10,15-16,23H,3,5,11-14,17-20H2,1-2H3,(H,37,38)/t23-/m0/s1. The molecule has 6 rings (SSSR count). The normalized spacial score (nSPS) is 19.2. The van der Waals surface area contributed by atoms with Crippen LogP contribution in [0.1, 0.15) is 58.9 Å². The molecule has 0 radical (unpaired) electrons. The van der Waals surface area contributed by atoms with Crippen molar-refractivity contribution in [3.05, 3.63) is 88.0 Å². The fraction of sp³-hybridized carbons (Fsp3) is 0.406. The molecule has 0 bridgehead atoms. The average Bonchev–Trinajstić information content (AvgIpc) is 3.66. The number of hydrogen-bond acceptors (Lipinski definition) is 7. The van der Waals surface area contributed by atoms with Crippen LogP contribution in [-0.2, 0) is 29.0 Å². The van der Waals surface area contributed by atoms with Crippen LogP contribution in [0.15, 0.2) is 60.0 Å². The lowest BCUT2D eigenvalue weighted by atomic mass is 9.95. The predicted molar refractivity (Wildman–Crippen MR) is 154 cm³/mol. The van der Waals surface area contributed by atoms with Gasteiger partial charge in [0.2, 0.25) is 5.88 Å². The lowest BCUT2D eigenvalue weighted by molar-refractivity contribution is 0.0693. The van der Waals surface area contributed by atoms with Gasteiger partial charge in [0.15, 0.2) is 5.82 Å². The van der Waals surface area contributed by atoms with Crippen LogP contribution in [0.25, 0.3) is 11.4 Å². The van der Waals surface area contributed by atoms with E-state index in [1.807, 2.05) is 12.1 Å². The van der Waals surface area contributed by atoms with Gasteiger partial charge in [0.1, 0.15) is 17.9 Å². The molecule has 2 aliphatic heterocycles. The van der Waals surface area contributed by atoms with E-state index < -0.39 is 5.97 Å². The third-order valence-electron chi connectivity index (χ3n) is 8.16. The molecule has 41 heavy (non-hydrogen) atoms. The third kappa shape index (κ3) is 5.78. The number of aromatic nitrogens is 3. The number of carboxylic acid groups (broad SMARTS) is 1. The summed E-state index contributed by atoms with van der Waals surface area (Å²) in [5, 5.41) is 13.7. The Hall–Kier alpha value is -3.95. The smallest absolute Gasteiger partial charge is 0.342 e. The van der Waals surface area contributed by atoms with Crippen LogP contribution in [0.2, 0.25) is 0 Å². The highest BCUT2D eigenvalue weighted by Gasteiger charge is 2.24. The van der Waals surface area contributed by atoms with Crippen molar-refractivity contribution in [1.29, 1.82) is 0 Å². The first-order chi connectivity index (χ1) is 20.0. The van der Waals surface area contributed by atoms with Crippen molar-refractivity contribution in [2.45, 2.75) is 45.8 Å². The summed E-state index contributed by atoms with van der Waals surface area (Å²) in [6.07, 6.45) is 7.49. The molecular weight excluding hydrogens is 520 g/mol. The van der Waals surface area contributed by atoms with E-state index in [2.05, 4.69) is 41.2 Å². The van der Waals surface area contributed by atoms with Crippen molar-refractivity contribution in [3.63, 3.8) is 0 Å². The number of methoxy groups -OCH3 is 1. The van der Waals surface area contributed by atoms with Gasteiger partial charge in [-0.1, -0.05) is 30.3 Å². The second kappa shape index (κ2) is 11.9. The minimum Gasteiger partial charge on any atom is -0.488 e. The van der Waals surface area contributed by atoms with Crippen LogP contribution in [0, 0.1) is 5.92 Å². The molecule has 1 atom stereocenters. The molecule has 0 spiro atoms. The SMILES string of the molecule is COc1c(C(=O)O)cnn1-c1cccc(C2=CCCC(C)=C2OCc2ccc3c(c2)CCN(C[C@@H]2CCOC2)C3)n1. The fourth-order valence-electron chi connectivity index (χ4n) is 5.98. The van der Waals surface area contributed by atoms with Crippen LogP contribution in [-0.4, -0.2) is 64.2 Å². The Kier molecular flexibility index (Phi) is 7.89. The quantitative estimate of drug-likeness (QED) is 0.392. The molecule has 1 saturated heterocycles. The number of rotatable bonds is 9. The molecule has 1 N–H and O–H groups in total. The van der Waals surface area contributed by atoms with Crippen LogP contribution in [0.3, 0.4) is 0 Å². The summed E-state index contributed by atoms with van der Waals surface area (Å²) in [6, 6.07) is 12.4. The van der Waals surface area contributed by atoms with E-state index in [0.717, 1.165) is 74.7 Å². The summed E-state index contributed by atoms with van der Waals surface area (Å²) >= 11 is 0. The van der Waals surface area contributed by atoms with Crippen molar-refractivity contribution in [2.24, 2.45) is 5.92 Å². The number of benzene rings is 1. The monoisotopic (exact) mass is 556 g/mol. The maximum absolute atomic E-state index is 11.6. The Balaban J connectivity index is 1.17. The molecule has 214 valence electrons. The minimum atomic E-state index is -1.10. The number of ether oxygens (including phenoxy) is 3. The van der Waals surface area contributed by atoms with E-state index in [9.17, 15) is 9.90 Å². The van der Waals surface area contributed by atoms with Crippen molar-refractivity contribution in [2.75, 3.05) is 33.4 Å². The van der Waals surface area contributed by atoms with Crippen molar-refractivity contribution in [1.82, 2.24) is 19.7 Å². The van der Waals surface area contributed by atoms with Crippen LogP contribution in [0.4, 0.5) is 0 Å². The molecule has 0 unspecified atom stereocenters. The van der Waals surface area contributed by atoms with Crippen LogP contribution >= 0.6 is 0 Å². The fourth-order valence-corrected chi connectivity index (χ4v) is 5.98. The van der Waals surface area contributed by atoms with Crippen LogP contribution in [0.5, 0.6) is 5.88 Å². The molecule has 0 amide bonds. The molecule has 2 aromatic heterocycles. The zero-order chi connectivity index (χ0) is 28.3. The molecule has 1 fully saturated rings. The van der Waals surface area contributed by atoms with E-state index in [1.54, 1.807) is 6.07 Å². The minimum absolute atomic E-state index is 0.0162. The van der Waals surface area contributed by atoms with Crippen LogP contribution < -0.4 is 4.74 Å². The molecule has 1 aromatic carbocycles. The van der Waals surface area contributed by atoms with E-state index in [4.69, 9.17) is 19.2 Å². The lowest BCUT2D eigenvalue weighted by Gasteiger charge is -2.30. The topological polar surface area (TPSA) is 98.9 Å². The summed E-state index contributed by atoms with van der Waals surface area (Å²) in [7, 11) is 1.42. The molecule has 3 aromatic rings. The molecule has 4 heterocycles. The summed E-state index contributed by atoms with van der Waals surface area (Å²) in [4.78, 5) is 19.0. The number of pyridine rings is 1. The predicted octanol–water partition coefficient (Wildman–Crippen LogP) is 5.04. The lowest BCUT2D eigenvalue weighted by Crippen LogP contribution is -2.34. The van der Waals surface area contributed by atoms with Gasteiger partial charge in [0.05, 0.1) is 25.6 Å². The van der Waals surface area contributed by atoms with E-state index in [1.165, 1.54) is 41.1 Å². The number of hydrogen-bond donors (Lipinski definition) is 1. The van der Waals surface area contributed by atoms with Gasteiger partial charge in [0.25, 0.3) is 0 Å². The largest absolute Gasteiger partial charge is 0.488 e. The molecule has 0 saturated carbocycles. The van der Waals surface area contributed by atoms with Gasteiger partial charge in [-0.15, -0.1) is 0 Å². The molecule has 1 aliphatic carbocycles. The van der Waals surface area contributed by atoms with Gasteiger partial charge in [-0.2, -0.15) is 9.78 Å². The Morgan fingerprint density at radius 2 is 2.10 bits per heavy atom. The highest BCUT2D eigenvalue weighted by atomic mass is 16.5. The second-order valence-electron chi connectivity index (χ2n) is 11.0. The van der Waals surface area contributed by atoms with Gasteiger partial charge < -0.3 is 19.3 Å². The number of carboxylic acids is 1. The number of fused-ring (bicyclic) bond motifs is 1. The maximum atomic E-state index is 11.6. The Bertz CT molecular complexity index is 1500. The van der Waals surface area contributed by atoms with E-state index in [-0.39, 0.29) is 11.4 Å². The highest BCUT2D eigenvalue weighted by Crippen LogP contribution is 2.34. The number of aromatic carboxylic acids is 1. The number of carbonyl (C=O) groups is 1. The van der Waals surface area contributed by atoms with E-state index in [0.29, 0.717) is 18.3 Å². The van der Waals surface area contributed by atoms with Crippen molar-refractivity contribution >= 4 is 11.5 Å². The molecule has 9 nitrogen and oxygen atoms in total. The van der Waals surface area contributed by atoms with Gasteiger partial charge in [-0.25, -0.2) is 9.78 Å². The Morgan fingerprint density at radius 3 is 2.90 bits per heavy atom. The van der Waals surface area contributed by atoms with Gasteiger partial charge in [-0.3, -0.25) is 4.90 Å². The average molecular weight is 557 g/mol. The van der Waals surface area contributed by atoms with E-state index >= 15 is 0 Å². The molecule has 3 aliphatic rings. The summed E-state index contributed by atoms with van der Waals surface area (Å²) < 4.78 is 18.8. The summed E-state index contributed by atoms with van der Waals surface area (Å²) in [5.74, 6) is 1.01. The van der Waals surface area contributed by atoms with Crippen molar-refractivity contribution in [3.8, 4) is 11.7 Å². The first kappa shape index (κ1) is 27.2.